The van der Waals surface area contributed by atoms with Crippen LogP contribution in [0.15, 0.2) is 21.3 Å². The van der Waals surface area contributed by atoms with E-state index in [1.54, 1.807) is 0 Å². The molecule has 0 radical (unpaired) electrons. The molecule has 0 aromatic rings. The average Bonchev–Trinajstić information content (AvgIpc) is 2.26. The Morgan fingerprint density at radius 1 is 0.900 bits per heavy atom. The Labute approximate surface area is 113 Å². The molecule has 0 atom stereocenters. The molecule has 0 fully saturated rings. The molecule has 20 heavy (non-hydrogen) atoms. The zero-order valence-electron chi connectivity index (χ0n) is 8.99. The number of alkyl halides is 6. The van der Waals surface area contributed by atoms with E-state index >= 15 is 0 Å². The van der Waals surface area contributed by atoms with Crippen LogP contribution in [0.2, 0.25) is 0 Å². The van der Waals surface area contributed by atoms with Gasteiger partial charge in [0.2, 0.25) is 0 Å². The largest absolute Gasteiger partial charge is 0.501 e. The van der Waals surface area contributed by atoms with Crippen LogP contribution in [0.4, 0.5) is 26.3 Å². The maximum atomic E-state index is 12.3. The lowest BCUT2D eigenvalue weighted by Gasteiger charge is -2.18. The van der Waals surface area contributed by atoms with Crippen LogP contribution in [0.1, 0.15) is 0 Å². The summed E-state index contributed by atoms with van der Waals surface area (Å²) in [5.41, 5.74) is -11.8. The van der Waals surface area contributed by atoms with E-state index in [1.165, 1.54) is 0 Å². The fourth-order valence-electron chi connectivity index (χ4n) is 1.11. The lowest BCUT2D eigenvalue weighted by Crippen LogP contribution is -2.31. The van der Waals surface area contributed by atoms with Gasteiger partial charge >= 0.3 is 11.0 Å². The number of allylic oxidation sites excluding steroid dienone is 1. The molecule has 1 aliphatic rings. The highest BCUT2D eigenvalue weighted by Gasteiger charge is 2.54. The van der Waals surface area contributed by atoms with Gasteiger partial charge in [0.25, 0.3) is 19.7 Å². The van der Waals surface area contributed by atoms with Crippen LogP contribution >= 0.6 is 11.8 Å². The topological polar surface area (TPSA) is 68.3 Å². The molecule has 1 rings (SSSR count). The van der Waals surface area contributed by atoms with Gasteiger partial charge < -0.3 is 0 Å². The van der Waals surface area contributed by atoms with Gasteiger partial charge in [-0.1, -0.05) is 0 Å². The molecule has 0 spiro atoms. The third-order valence-electron chi connectivity index (χ3n) is 2.03. The zero-order chi connectivity index (χ0) is 16.0. The number of thioether (sulfide) groups is 1. The predicted octanol–water partition coefficient (Wildman–Crippen LogP) is 2.33. The summed E-state index contributed by atoms with van der Waals surface area (Å²) in [4.78, 5) is -3.73. The first-order valence-corrected chi connectivity index (χ1v) is 8.38. The van der Waals surface area contributed by atoms with Crippen LogP contribution in [-0.2, 0) is 19.7 Å². The summed E-state index contributed by atoms with van der Waals surface area (Å²) in [6.07, 6.45) is 0.190. The molecular weight excluding hydrogens is 358 g/mol. The predicted molar refractivity (Wildman–Crippen MR) is 58.6 cm³/mol. The van der Waals surface area contributed by atoms with Gasteiger partial charge in [0.05, 0.1) is 9.81 Å². The summed E-state index contributed by atoms with van der Waals surface area (Å²) in [5.74, 6) is -1.05. The van der Waals surface area contributed by atoms with Gasteiger partial charge in [0.1, 0.15) is 0 Å². The van der Waals surface area contributed by atoms with Crippen molar-refractivity contribution < 1.29 is 43.2 Å². The van der Waals surface area contributed by atoms with Crippen molar-refractivity contribution in [2.75, 3.05) is 5.75 Å². The molecule has 0 aliphatic carbocycles. The quantitative estimate of drug-likeness (QED) is 0.706. The van der Waals surface area contributed by atoms with E-state index in [9.17, 15) is 43.2 Å². The van der Waals surface area contributed by atoms with Crippen molar-refractivity contribution in [1.82, 2.24) is 0 Å². The molecule has 1 aliphatic heterocycles. The molecular formula is C7H4F6O4S3. The van der Waals surface area contributed by atoms with E-state index in [4.69, 9.17) is 0 Å². The first-order valence-electron chi connectivity index (χ1n) is 4.37. The molecule has 0 amide bonds. The van der Waals surface area contributed by atoms with Gasteiger partial charge in [-0.05, 0) is 11.5 Å². The van der Waals surface area contributed by atoms with Crippen molar-refractivity contribution >= 4 is 31.4 Å². The smallest absolute Gasteiger partial charge is 0.215 e. The van der Waals surface area contributed by atoms with E-state index in [-0.39, 0.29) is 6.08 Å². The highest BCUT2D eigenvalue weighted by molar-refractivity contribution is 8.05. The van der Waals surface area contributed by atoms with E-state index in [2.05, 4.69) is 0 Å². The molecule has 116 valence electrons. The first-order chi connectivity index (χ1) is 8.73. The minimum absolute atomic E-state index is 0.190. The second kappa shape index (κ2) is 4.94. The van der Waals surface area contributed by atoms with Crippen LogP contribution in [0, 0.1) is 0 Å². The molecule has 0 N–H and O–H groups in total. The molecule has 0 unspecified atom stereocenters. The molecule has 0 saturated heterocycles. The minimum atomic E-state index is -6.19. The van der Waals surface area contributed by atoms with Crippen molar-refractivity contribution in [2.24, 2.45) is 0 Å². The van der Waals surface area contributed by atoms with Crippen molar-refractivity contribution in [3.05, 3.63) is 21.3 Å². The molecule has 0 aromatic carbocycles. The summed E-state index contributed by atoms with van der Waals surface area (Å²) >= 11 is 0.427. The highest BCUT2D eigenvalue weighted by atomic mass is 32.2. The van der Waals surface area contributed by atoms with Crippen molar-refractivity contribution in [3.8, 4) is 0 Å². The Balaban J connectivity index is 3.69. The molecule has 1 heterocycles. The van der Waals surface area contributed by atoms with E-state index in [0.29, 0.717) is 11.8 Å². The Kier molecular flexibility index (Phi) is 4.29. The maximum Gasteiger partial charge on any atom is 0.501 e. The number of rotatable bonds is 2. The highest BCUT2D eigenvalue weighted by Crippen LogP contribution is 2.40. The lowest BCUT2D eigenvalue weighted by atomic mass is 10.5. The Bertz CT molecular complexity index is 664. The molecule has 13 heteroatoms. The van der Waals surface area contributed by atoms with Crippen LogP contribution in [-0.4, -0.2) is 33.6 Å². The van der Waals surface area contributed by atoms with Gasteiger partial charge in [0.15, 0.2) is 0 Å². The molecule has 0 aromatic heterocycles. The van der Waals surface area contributed by atoms with Crippen LogP contribution in [0.3, 0.4) is 0 Å². The summed E-state index contributed by atoms with van der Waals surface area (Å²) in [5, 5.41) is 0.772. The van der Waals surface area contributed by atoms with E-state index in [1.807, 2.05) is 0 Å². The SMILES string of the molecule is O=S(=O)(C1=C(S(=O)(=O)C(F)(F)F)CSC=C1)C(F)(F)F. The Morgan fingerprint density at radius 3 is 1.75 bits per heavy atom. The number of halogens is 6. The van der Waals surface area contributed by atoms with E-state index < -0.39 is 46.3 Å². The number of hydrogen-bond acceptors (Lipinski definition) is 5. The van der Waals surface area contributed by atoms with Gasteiger partial charge in [-0.2, -0.15) is 26.3 Å². The number of hydrogen-bond donors (Lipinski definition) is 0. The summed E-state index contributed by atoms with van der Waals surface area (Å²) in [6.45, 7) is 0. The van der Waals surface area contributed by atoms with Gasteiger partial charge in [-0.25, -0.2) is 16.8 Å². The summed E-state index contributed by atoms with van der Waals surface area (Å²) in [7, 11) is -12.4. The molecule has 0 saturated carbocycles. The number of sulfone groups is 2. The standard InChI is InChI=1S/C7H4F6O4S3/c8-6(9,10)19(14,15)4-1-2-18-3-5(4)20(16,17)7(11,12)13/h1-2H,3H2. The van der Waals surface area contributed by atoms with Crippen LogP contribution < -0.4 is 0 Å². The lowest BCUT2D eigenvalue weighted by molar-refractivity contribution is -0.0438. The fraction of sp³-hybridized carbons (Fsp3) is 0.429. The van der Waals surface area contributed by atoms with Crippen molar-refractivity contribution in [2.45, 2.75) is 11.0 Å². The third-order valence-corrected chi connectivity index (χ3v) is 6.32. The monoisotopic (exact) mass is 362 g/mol. The zero-order valence-corrected chi connectivity index (χ0v) is 11.4. The average molecular weight is 362 g/mol. The van der Waals surface area contributed by atoms with Gasteiger partial charge in [0, 0.05) is 5.75 Å². The van der Waals surface area contributed by atoms with Gasteiger partial charge in [-0.15, -0.1) is 11.8 Å². The Morgan fingerprint density at radius 2 is 1.35 bits per heavy atom. The van der Waals surface area contributed by atoms with Crippen LogP contribution in [0.5, 0.6) is 0 Å². The van der Waals surface area contributed by atoms with Gasteiger partial charge in [-0.3, -0.25) is 0 Å². The summed E-state index contributed by atoms with van der Waals surface area (Å²) in [6, 6.07) is 0. The molecule has 4 nitrogen and oxygen atoms in total. The second-order valence-electron chi connectivity index (χ2n) is 3.30. The fourth-order valence-corrected chi connectivity index (χ4v) is 4.89. The molecule has 0 bridgehead atoms. The van der Waals surface area contributed by atoms with Crippen molar-refractivity contribution in [1.29, 1.82) is 0 Å². The first kappa shape index (κ1) is 17.4. The minimum Gasteiger partial charge on any atom is -0.215 e. The van der Waals surface area contributed by atoms with E-state index in [0.717, 1.165) is 5.41 Å². The Hall–Kier alpha value is -0.690. The van der Waals surface area contributed by atoms with Crippen molar-refractivity contribution in [3.63, 3.8) is 0 Å². The maximum absolute atomic E-state index is 12.3. The normalized spacial score (nSPS) is 18.5. The second-order valence-corrected chi connectivity index (χ2v) is 8.07. The third kappa shape index (κ3) is 2.83. The summed E-state index contributed by atoms with van der Waals surface area (Å²) < 4.78 is 119. The van der Waals surface area contributed by atoms with Crippen LogP contribution in [0.25, 0.3) is 0 Å².